The first-order chi connectivity index (χ1) is 15.8. The van der Waals surface area contributed by atoms with Crippen molar-refractivity contribution < 1.29 is 9.53 Å². The number of aromatic nitrogens is 1. The van der Waals surface area contributed by atoms with Crippen LogP contribution in [0.3, 0.4) is 0 Å². The van der Waals surface area contributed by atoms with E-state index in [9.17, 15) is 4.79 Å². The molecule has 1 amide bonds. The van der Waals surface area contributed by atoms with Gasteiger partial charge in [-0.25, -0.2) is 4.98 Å². The van der Waals surface area contributed by atoms with Crippen LogP contribution in [0.25, 0.3) is 0 Å². The van der Waals surface area contributed by atoms with E-state index in [2.05, 4.69) is 26.9 Å². The summed E-state index contributed by atoms with van der Waals surface area (Å²) in [7, 11) is 1.73. The van der Waals surface area contributed by atoms with E-state index in [0.29, 0.717) is 0 Å². The van der Waals surface area contributed by atoms with Crippen LogP contribution in [0.2, 0.25) is 0 Å². The summed E-state index contributed by atoms with van der Waals surface area (Å²) in [4.78, 5) is 24.6. The lowest BCUT2D eigenvalue weighted by Crippen LogP contribution is -2.47. The Morgan fingerprint density at radius 1 is 1.03 bits per heavy atom. The van der Waals surface area contributed by atoms with Crippen molar-refractivity contribution in [1.82, 2.24) is 9.88 Å². The number of benzene rings is 1. The van der Waals surface area contributed by atoms with Gasteiger partial charge in [0.2, 0.25) is 5.91 Å². The van der Waals surface area contributed by atoms with E-state index >= 15 is 0 Å². The molecular weight excluding hydrogens is 400 g/mol. The average molecular weight is 437 g/mol. The van der Waals surface area contributed by atoms with Crippen LogP contribution in [-0.2, 0) is 4.79 Å². The Hall–Kier alpha value is -2.60. The molecule has 2 heterocycles. The second-order valence-corrected chi connectivity index (χ2v) is 8.87. The number of amides is 1. The number of ether oxygens (including phenoxy) is 1. The molecule has 1 aromatic heterocycles. The topological polar surface area (TPSA) is 48.9 Å². The maximum atomic E-state index is 13.3. The summed E-state index contributed by atoms with van der Waals surface area (Å²) in [5, 5.41) is 0. The van der Waals surface area contributed by atoms with Gasteiger partial charge in [-0.05, 0) is 50.1 Å². The molecule has 0 atom stereocenters. The highest BCUT2D eigenvalue weighted by Crippen LogP contribution is 2.29. The van der Waals surface area contributed by atoms with Crippen molar-refractivity contribution in [3.05, 3.63) is 48.7 Å². The van der Waals surface area contributed by atoms with E-state index in [1.54, 1.807) is 13.3 Å². The fourth-order valence-electron chi connectivity index (χ4n) is 4.98. The summed E-state index contributed by atoms with van der Waals surface area (Å²) in [5.41, 5.74) is 1.18. The number of carbonyl (C=O) groups excluding carboxylic acids is 1. The predicted molar refractivity (Wildman–Crippen MR) is 129 cm³/mol. The van der Waals surface area contributed by atoms with Gasteiger partial charge in [0.15, 0.2) is 0 Å². The molecule has 172 valence electrons. The molecule has 0 N–H and O–H groups in total. The third-order valence-corrected chi connectivity index (χ3v) is 6.80. The third kappa shape index (κ3) is 5.60. The summed E-state index contributed by atoms with van der Waals surface area (Å²) in [6.07, 6.45) is 8.39. The first-order valence-corrected chi connectivity index (χ1v) is 12.1. The SMILES string of the molecule is COc1ccccc1N1CCN(CCCN(C(=O)C2CCCCC2)c2ccccn2)CC1. The van der Waals surface area contributed by atoms with Gasteiger partial charge in [0.05, 0.1) is 12.8 Å². The number of piperazine rings is 1. The minimum atomic E-state index is 0.162. The van der Waals surface area contributed by atoms with E-state index in [1.807, 2.05) is 35.2 Å². The average Bonchev–Trinajstić information content (AvgIpc) is 2.87. The van der Waals surface area contributed by atoms with Crippen LogP contribution in [-0.4, -0.2) is 62.2 Å². The van der Waals surface area contributed by atoms with Crippen LogP contribution in [0.1, 0.15) is 38.5 Å². The highest BCUT2D eigenvalue weighted by atomic mass is 16.5. The fraction of sp³-hybridized carbons (Fsp3) is 0.538. The molecule has 6 heteroatoms. The molecule has 2 fully saturated rings. The van der Waals surface area contributed by atoms with Gasteiger partial charge in [-0.15, -0.1) is 0 Å². The molecule has 1 saturated carbocycles. The Morgan fingerprint density at radius 2 is 1.78 bits per heavy atom. The largest absolute Gasteiger partial charge is 0.495 e. The highest BCUT2D eigenvalue weighted by Gasteiger charge is 2.27. The predicted octanol–water partition coefficient (Wildman–Crippen LogP) is 4.22. The number of carbonyl (C=O) groups is 1. The molecule has 2 aromatic rings. The van der Waals surface area contributed by atoms with Gasteiger partial charge in [0, 0.05) is 44.8 Å². The molecule has 1 saturated heterocycles. The smallest absolute Gasteiger partial charge is 0.231 e. The lowest BCUT2D eigenvalue weighted by Gasteiger charge is -2.37. The first kappa shape index (κ1) is 22.6. The van der Waals surface area contributed by atoms with Crippen molar-refractivity contribution in [2.45, 2.75) is 38.5 Å². The van der Waals surface area contributed by atoms with Crippen LogP contribution < -0.4 is 14.5 Å². The standard InChI is InChI=1S/C26H36N4O2/c1-32-24-13-6-5-12-23(24)29-20-18-28(19-21-29)16-9-17-30(25-14-7-8-15-27-25)26(31)22-10-3-2-4-11-22/h5-8,12-15,22H,2-4,9-11,16-21H2,1H3. The second kappa shape index (κ2) is 11.3. The van der Waals surface area contributed by atoms with Crippen molar-refractivity contribution in [3.63, 3.8) is 0 Å². The Labute approximate surface area is 192 Å². The number of hydrogen-bond acceptors (Lipinski definition) is 5. The molecule has 4 rings (SSSR count). The van der Waals surface area contributed by atoms with Gasteiger partial charge < -0.3 is 9.64 Å². The number of rotatable bonds is 8. The monoisotopic (exact) mass is 436 g/mol. The normalized spacial score (nSPS) is 17.8. The van der Waals surface area contributed by atoms with Gasteiger partial charge in [-0.2, -0.15) is 0 Å². The number of pyridine rings is 1. The van der Waals surface area contributed by atoms with Gasteiger partial charge in [-0.3, -0.25) is 14.6 Å². The van der Waals surface area contributed by atoms with Gasteiger partial charge >= 0.3 is 0 Å². The van der Waals surface area contributed by atoms with E-state index in [0.717, 1.165) is 70.1 Å². The molecule has 6 nitrogen and oxygen atoms in total. The lowest BCUT2D eigenvalue weighted by atomic mass is 9.88. The van der Waals surface area contributed by atoms with E-state index in [1.165, 1.54) is 24.9 Å². The number of methoxy groups -OCH3 is 1. The molecule has 1 aromatic carbocycles. The summed E-state index contributed by atoms with van der Waals surface area (Å²) in [5.74, 6) is 2.16. The number of para-hydroxylation sites is 2. The van der Waals surface area contributed by atoms with E-state index < -0.39 is 0 Å². The van der Waals surface area contributed by atoms with Crippen molar-refractivity contribution in [2.24, 2.45) is 5.92 Å². The van der Waals surface area contributed by atoms with E-state index in [-0.39, 0.29) is 11.8 Å². The summed E-state index contributed by atoms with van der Waals surface area (Å²) < 4.78 is 5.53. The maximum Gasteiger partial charge on any atom is 0.231 e. The number of anilines is 2. The van der Waals surface area contributed by atoms with Crippen LogP contribution in [0.5, 0.6) is 5.75 Å². The molecule has 2 aliphatic rings. The zero-order chi connectivity index (χ0) is 22.2. The minimum Gasteiger partial charge on any atom is -0.495 e. The zero-order valence-corrected chi connectivity index (χ0v) is 19.3. The zero-order valence-electron chi connectivity index (χ0n) is 19.3. The van der Waals surface area contributed by atoms with Crippen molar-refractivity contribution in [1.29, 1.82) is 0 Å². The summed E-state index contributed by atoms with van der Waals surface area (Å²) in [6.45, 7) is 5.77. The molecule has 0 bridgehead atoms. The Kier molecular flexibility index (Phi) is 7.99. The molecule has 32 heavy (non-hydrogen) atoms. The van der Waals surface area contributed by atoms with Crippen LogP contribution in [0.4, 0.5) is 11.5 Å². The quantitative estimate of drug-likeness (QED) is 0.620. The fourth-order valence-corrected chi connectivity index (χ4v) is 4.98. The molecule has 1 aliphatic carbocycles. The Morgan fingerprint density at radius 3 is 2.50 bits per heavy atom. The minimum absolute atomic E-state index is 0.162. The van der Waals surface area contributed by atoms with E-state index in [4.69, 9.17) is 4.74 Å². The first-order valence-electron chi connectivity index (χ1n) is 12.1. The molecule has 0 spiro atoms. The van der Waals surface area contributed by atoms with Gasteiger partial charge in [-0.1, -0.05) is 37.5 Å². The maximum absolute atomic E-state index is 13.3. The van der Waals surface area contributed by atoms with Crippen LogP contribution >= 0.6 is 0 Å². The number of hydrogen-bond donors (Lipinski definition) is 0. The van der Waals surface area contributed by atoms with Crippen LogP contribution in [0, 0.1) is 5.92 Å². The third-order valence-electron chi connectivity index (χ3n) is 6.80. The summed E-state index contributed by atoms with van der Waals surface area (Å²) in [6, 6.07) is 14.1. The highest BCUT2D eigenvalue weighted by molar-refractivity contribution is 5.94. The summed E-state index contributed by atoms with van der Waals surface area (Å²) >= 11 is 0. The van der Waals surface area contributed by atoms with Crippen molar-refractivity contribution >= 4 is 17.4 Å². The Balaban J connectivity index is 1.30. The number of nitrogens with zero attached hydrogens (tertiary/aromatic N) is 4. The molecule has 0 radical (unpaired) electrons. The van der Waals surface area contributed by atoms with Gasteiger partial charge in [0.25, 0.3) is 0 Å². The van der Waals surface area contributed by atoms with Crippen molar-refractivity contribution in [3.8, 4) is 5.75 Å². The molecular formula is C26H36N4O2. The Bertz CT molecular complexity index is 846. The second-order valence-electron chi connectivity index (χ2n) is 8.87. The lowest BCUT2D eigenvalue weighted by molar-refractivity contribution is -0.123. The molecule has 0 unspecified atom stereocenters. The van der Waals surface area contributed by atoms with Crippen LogP contribution in [0.15, 0.2) is 48.7 Å². The van der Waals surface area contributed by atoms with Crippen molar-refractivity contribution in [2.75, 3.05) is 56.2 Å². The molecule has 1 aliphatic heterocycles. The van der Waals surface area contributed by atoms with Gasteiger partial charge in [0.1, 0.15) is 11.6 Å².